The van der Waals surface area contributed by atoms with Gasteiger partial charge in [-0.1, -0.05) is 0 Å². The minimum absolute atomic E-state index is 0.260. The van der Waals surface area contributed by atoms with Crippen molar-refractivity contribution in [2.45, 2.75) is 190 Å². The third-order valence-electron chi connectivity index (χ3n) is 8.31. The third kappa shape index (κ3) is 25.2. The Morgan fingerprint density at radius 2 is 0.698 bits per heavy atom. The zero-order chi connectivity index (χ0) is 32.7. The van der Waals surface area contributed by atoms with Gasteiger partial charge in [0.1, 0.15) is 0 Å². The van der Waals surface area contributed by atoms with Crippen LogP contribution in [0.4, 0.5) is 0 Å². The number of unbranched alkanes of at least 4 members (excludes halogenated alkanes) is 8. The summed E-state index contributed by atoms with van der Waals surface area (Å²) in [7, 11) is 0. The molecule has 256 valence electrons. The second-order valence-corrected chi connectivity index (χ2v) is 25.3. The Labute approximate surface area is 284 Å². The van der Waals surface area contributed by atoms with Crippen LogP contribution in [0.1, 0.15) is 171 Å². The van der Waals surface area contributed by atoms with Gasteiger partial charge in [0.15, 0.2) is 0 Å². The molecule has 0 saturated carbocycles. The average Bonchev–Trinajstić information content (AvgIpc) is 2.91. The van der Waals surface area contributed by atoms with E-state index in [4.69, 9.17) is 6.15 Å². The van der Waals surface area contributed by atoms with Crippen molar-refractivity contribution in [3.05, 3.63) is 0 Å². The first kappa shape index (κ1) is 43.4. The number of carbonyl (C=O) groups is 2. The minimum atomic E-state index is -4.11. The molecule has 0 amide bonds. The Morgan fingerprint density at radius 3 is 0.977 bits per heavy atom. The van der Waals surface area contributed by atoms with Crippen molar-refractivity contribution < 1.29 is 15.7 Å². The van der Waals surface area contributed by atoms with Crippen LogP contribution in [0.25, 0.3) is 0 Å². The molecular formula is C36H72O4S2Sn. The van der Waals surface area contributed by atoms with E-state index in [1.807, 2.05) is 0 Å². The van der Waals surface area contributed by atoms with Gasteiger partial charge in [-0.15, -0.1) is 0 Å². The maximum atomic E-state index is 13.5. The van der Waals surface area contributed by atoms with Crippen molar-refractivity contribution in [3.8, 4) is 0 Å². The van der Waals surface area contributed by atoms with Gasteiger partial charge in [-0.25, -0.2) is 0 Å². The molecular weight excluding hydrogens is 679 g/mol. The Kier molecular flexibility index (Phi) is 26.8. The van der Waals surface area contributed by atoms with Crippen LogP contribution in [0.5, 0.6) is 0 Å². The summed E-state index contributed by atoms with van der Waals surface area (Å²) in [6, 6.07) is 0. The fraction of sp³-hybridized carbons (Fsp3) is 0.944. The number of hydrogen-bond acceptors (Lipinski definition) is 6. The van der Waals surface area contributed by atoms with Crippen molar-refractivity contribution in [3.63, 3.8) is 0 Å². The summed E-state index contributed by atoms with van der Waals surface area (Å²) < 4.78 is 14.4. The molecule has 0 aromatic carbocycles. The van der Waals surface area contributed by atoms with E-state index in [-0.39, 0.29) is 11.9 Å². The van der Waals surface area contributed by atoms with E-state index in [2.05, 4.69) is 80.6 Å². The van der Waals surface area contributed by atoms with Gasteiger partial charge in [-0.3, -0.25) is 0 Å². The molecule has 4 nitrogen and oxygen atoms in total. The van der Waals surface area contributed by atoms with Crippen molar-refractivity contribution in [2.75, 3.05) is 0 Å². The summed E-state index contributed by atoms with van der Waals surface area (Å²) in [6.07, 6.45) is 19.2. The molecule has 0 bridgehead atoms. The summed E-state index contributed by atoms with van der Waals surface area (Å²) in [4.78, 5) is 27.0. The molecule has 0 heterocycles. The van der Waals surface area contributed by atoms with Gasteiger partial charge in [0.25, 0.3) is 0 Å². The van der Waals surface area contributed by atoms with Gasteiger partial charge in [0.2, 0.25) is 0 Å². The molecule has 0 fully saturated rings. The Balaban J connectivity index is 5.55. The molecule has 43 heavy (non-hydrogen) atoms. The van der Waals surface area contributed by atoms with Gasteiger partial charge in [-0.2, -0.15) is 0 Å². The Morgan fingerprint density at radius 1 is 0.442 bits per heavy atom. The zero-order valence-corrected chi connectivity index (χ0v) is 34.3. The molecule has 0 aliphatic heterocycles. The molecule has 0 aliphatic carbocycles. The van der Waals surface area contributed by atoms with Crippen LogP contribution < -0.4 is 0 Å². The second kappa shape index (κ2) is 26.5. The molecule has 7 heteroatoms. The molecule has 0 rings (SSSR count). The van der Waals surface area contributed by atoms with E-state index in [0.29, 0.717) is 36.5 Å². The van der Waals surface area contributed by atoms with E-state index < -0.39 is 29.7 Å². The van der Waals surface area contributed by atoms with Crippen LogP contribution in [-0.4, -0.2) is 41.6 Å². The predicted octanol–water partition coefficient (Wildman–Crippen LogP) is 11.8. The third-order valence-corrected chi connectivity index (χ3v) is 18.9. The van der Waals surface area contributed by atoms with E-state index in [9.17, 15) is 9.59 Å². The number of thiol groups is 2. The van der Waals surface area contributed by atoms with E-state index in [1.54, 1.807) is 0 Å². The van der Waals surface area contributed by atoms with Crippen molar-refractivity contribution in [1.29, 1.82) is 0 Å². The molecule has 2 atom stereocenters. The first-order chi connectivity index (χ1) is 20.3. The van der Waals surface area contributed by atoms with Gasteiger partial charge >= 0.3 is 286 Å². The quantitative estimate of drug-likeness (QED) is 0.0475. The monoisotopic (exact) mass is 752 g/mol. The summed E-state index contributed by atoms with van der Waals surface area (Å²) in [5.41, 5.74) is 0. The molecule has 0 aromatic rings. The topological polar surface area (TPSA) is 52.6 Å². The first-order valence-corrected chi connectivity index (χ1v) is 25.5. The summed E-state index contributed by atoms with van der Waals surface area (Å²) in [6.45, 7) is 18.0. The molecule has 0 aliphatic rings. The van der Waals surface area contributed by atoms with E-state index in [1.165, 1.54) is 38.5 Å². The van der Waals surface area contributed by atoms with E-state index >= 15 is 0 Å². The maximum absolute atomic E-state index is 13.5. The molecule has 0 aromatic heterocycles. The fourth-order valence-corrected chi connectivity index (χ4v) is 15.9. The number of carbonyl (C=O) groups excluding carboxylic acids is 2. The average molecular weight is 752 g/mol. The van der Waals surface area contributed by atoms with Crippen LogP contribution in [0.2, 0.25) is 8.87 Å². The van der Waals surface area contributed by atoms with Crippen LogP contribution in [0, 0.1) is 23.7 Å². The SMILES string of the molecule is CC(C)CCCCCC(S)C(=O)[O][Sn]([CH2]CCCCC(C)C)([CH2]CCCCC(C)C)[O]C(=O)C(S)CCCCCC(C)C. The molecule has 2 unspecified atom stereocenters. The number of rotatable bonds is 28. The van der Waals surface area contributed by atoms with E-state index in [0.717, 1.165) is 73.1 Å². The Bertz CT molecular complexity index is 641. The van der Waals surface area contributed by atoms with Crippen LogP contribution >= 0.6 is 25.3 Å². The van der Waals surface area contributed by atoms with Gasteiger partial charge in [0.05, 0.1) is 0 Å². The molecule has 0 radical (unpaired) electrons. The summed E-state index contributed by atoms with van der Waals surface area (Å²) in [5.74, 6) is 2.26. The normalized spacial score (nSPS) is 13.7. The molecule has 0 saturated heterocycles. The second-order valence-electron chi connectivity index (χ2n) is 14.8. The zero-order valence-electron chi connectivity index (χ0n) is 29.6. The van der Waals surface area contributed by atoms with Crippen molar-refractivity contribution in [2.24, 2.45) is 23.7 Å². The predicted molar refractivity (Wildman–Crippen MR) is 196 cm³/mol. The van der Waals surface area contributed by atoms with Gasteiger partial charge in [-0.05, 0) is 0 Å². The van der Waals surface area contributed by atoms with Crippen LogP contribution in [0.3, 0.4) is 0 Å². The summed E-state index contributed by atoms with van der Waals surface area (Å²) >= 11 is 5.27. The molecule has 0 N–H and O–H groups in total. The van der Waals surface area contributed by atoms with Crippen molar-refractivity contribution in [1.82, 2.24) is 0 Å². The number of hydrogen-bond donors (Lipinski definition) is 2. The van der Waals surface area contributed by atoms with Crippen LogP contribution in [0.15, 0.2) is 0 Å². The van der Waals surface area contributed by atoms with Gasteiger partial charge in [0, 0.05) is 0 Å². The molecule has 0 spiro atoms. The fourth-order valence-electron chi connectivity index (χ4n) is 5.47. The first-order valence-electron chi connectivity index (χ1n) is 18.1. The summed E-state index contributed by atoms with van der Waals surface area (Å²) in [5, 5.41) is -0.910. The van der Waals surface area contributed by atoms with Crippen molar-refractivity contribution >= 4 is 56.4 Å². The standard InChI is InChI=1S/2C10H20O2S.2C8H17.Sn/c2*1-8(2)6-4-3-5-7-9(13)10(11)12;2*1-4-5-6-7-8(2)3;/h2*8-9,13H,3-7H2,1-2H3,(H,11,12);2*8H,1,4-7H2,2-3H3;/q;;;;+2/p-2. The Hall–Kier alpha value is 0.439. The van der Waals surface area contributed by atoms with Gasteiger partial charge < -0.3 is 0 Å². The van der Waals surface area contributed by atoms with Crippen LogP contribution in [-0.2, 0) is 15.7 Å².